The Morgan fingerprint density at radius 2 is 2.40 bits per heavy atom. The molecule has 4 heteroatoms. The van der Waals surface area contributed by atoms with Crippen LogP contribution in [0.2, 0.25) is 0 Å². The first kappa shape index (κ1) is 7.08. The Labute approximate surface area is 63.2 Å². The van der Waals surface area contributed by atoms with Crippen LogP contribution in [-0.4, -0.2) is 9.79 Å². The Morgan fingerprint density at radius 3 is 2.80 bits per heavy atom. The maximum absolute atomic E-state index is 10.2. The van der Waals surface area contributed by atoms with Gasteiger partial charge in [0.1, 0.15) is 0 Å². The van der Waals surface area contributed by atoms with Crippen molar-refractivity contribution < 1.29 is 4.92 Å². The molecule has 0 radical (unpaired) electrons. The van der Waals surface area contributed by atoms with Crippen LogP contribution in [-0.2, 0) is 0 Å². The highest BCUT2D eigenvalue weighted by atomic mass is 32.1. The molecule has 0 bridgehead atoms. The molecular formula is C6H5NO2S. The number of nitro groups is 1. The number of hydrogen-bond donors (Lipinski definition) is 0. The molecule has 1 aliphatic rings. The smallest absolute Gasteiger partial charge is 0.258 e. The van der Waals surface area contributed by atoms with Crippen molar-refractivity contribution in [3.8, 4) is 0 Å². The molecule has 10 heavy (non-hydrogen) atoms. The Balaban J connectivity index is 2.91. The number of allylic oxidation sites excluding steroid dienone is 4. The quantitative estimate of drug-likeness (QED) is 0.327. The van der Waals surface area contributed by atoms with Gasteiger partial charge in [-0.3, -0.25) is 10.1 Å². The molecule has 1 rings (SSSR count). The molecule has 0 aliphatic heterocycles. The van der Waals surface area contributed by atoms with E-state index in [1.54, 1.807) is 12.2 Å². The van der Waals surface area contributed by atoms with Crippen LogP contribution in [0.15, 0.2) is 23.9 Å². The van der Waals surface area contributed by atoms with E-state index >= 15 is 0 Å². The normalized spacial score (nSPS) is 16.8. The van der Waals surface area contributed by atoms with Crippen LogP contribution < -0.4 is 0 Å². The van der Waals surface area contributed by atoms with Gasteiger partial charge in [0.25, 0.3) is 5.70 Å². The second-order valence-corrected chi connectivity index (χ2v) is 2.36. The van der Waals surface area contributed by atoms with E-state index in [4.69, 9.17) is 12.2 Å². The van der Waals surface area contributed by atoms with Gasteiger partial charge in [-0.25, -0.2) is 0 Å². The van der Waals surface area contributed by atoms with Crippen LogP contribution in [0.3, 0.4) is 0 Å². The average molecular weight is 155 g/mol. The van der Waals surface area contributed by atoms with Crippen LogP contribution in [0.1, 0.15) is 6.42 Å². The van der Waals surface area contributed by atoms with E-state index in [9.17, 15) is 10.1 Å². The van der Waals surface area contributed by atoms with E-state index in [0.717, 1.165) is 0 Å². The topological polar surface area (TPSA) is 43.1 Å². The van der Waals surface area contributed by atoms with Gasteiger partial charge in [0.15, 0.2) is 0 Å². The zero-order valence-electron chi connectivity index (χ0n) is 5.11. The van der Waals surface area contributed by atoms with Crippen molar-refractivity contribution in [3.63, 3.8) is 0 Å². The lowest BCUT2D eigenvalue weighted by molar-refractivity contribution is -0.414. The van der Waals surface area contributed by atoms with Crippen molar-refractivity contribution in [1.29, 1.82) is 0 Å². The zero-order chi connectivity index (χ0) is 7.56. The van der Waals surface area contributed by atoms with Crippen molar-refractivity contribution in [1.82, 2.24) is 0 Å². The standard InChI is InChI=1S/C6H5NO2S/c8-7(9)5-3-1-2-4-6(5)10/h1-3H,4H2. The summed E-state index contributed by atoms with van der Waals surface area (Å²) in [6.45, 7) is 0. The fraction of sp³-hybridized carbons (Fsp3) is 0.167. The minimum Gasteiger partial charge on any atom is -0.258 e. The van der Waals surface area contributed by atoms with Gasteiger partial charge in [0, 0.05) is 12.5 Å². The molecule has 3 nitrogen and oxygen atoms in total. The predicted octanol–water partition coefficient (Wildman–Crippen LogP) is 1.48. The monoisotopic (exact) mass is 155 g/mol. The summed E-state index contributed by atoms with van der Waals surface area (Å²) in [5, 5.41) is 10.2. The molecular weight excluding hydrogens is 150 g/mol. The van der Waals surface area contributed by atoms with Crippen molar-refractivity contribution in [3.05, 3.63) is 34.0 Å². The highest BCUT2D eigenvalue weighted by molar-refractivity contribution is 7.80. The molecule has 0 amide bonds. The Morgan fingerprint density at radius 1 is 1.70 bits per heavy atom. The molecule has 0 N–H and O–H groups in total. The number of hydrogen-bond acceptors (Lipinski definition) is 3. The molecule has 0 aromatic rings. The summed E-state index contributed by atoms with van der Waals surface area (Å²) >= 11 is 4.74. The first-order chi connectivity index (χ1) is 4.72. The van der Waals surface area contributed by atoms with Crippen molar-refractivity contribution in [2.45, 2.75) is 6.42 Å². The molecule has 1 aliphatic carbocycles. The van der Waals surface area contributed by atoms with E-state index in [1.165, 1.54) is 6.08 Å². The van der Waals surface area contributed by atoms with Crippen LogP contribution in [0.5, 0.6) is 0 Å². The summed E-state index contributed by atoms with van der Waals surface area (Å²) in [7, 11) is 0. The molecule has 0 atom stereocenters. The highest BCUT2D eigenvalue weighted by Gasteiger charge is 2.16. The van der Waals surface area contributed by atoms with Crippen molar-refractivity contribution in [2.24, 2.45) is 0 Å². The summed E-state index contributed by atoms with van der Waals surface area (Å²) in [6.07, 6.45) is 5.39. The summed E-state index contributed by atoms with van der Waals surface area (Å²) in [5.41, 5.74) is 0.0532. The third-order valence-electron chi connectivity index (χ3n) is 1.18. The van der Waals surface area contributed by atoms with Gasteiger partial charge < -0.3 is 0 Å². The van der Waals surface area contributed by atoms with Crippen LogP contribution in [0.25, 0.3) is 0 Å². The minimum absolute atomic E-state index is 0.0532. The van der Waals surface area contributed by atoms with Crippen molar-refractivity contribution >= 4 is 17.1 Å². The van der Waals surface area contributed by atoms with E-state index < -0.39 is 4.92 Å². The molecule has 0 heterocycles. The number of nitrogens with zero attached hydrogens (tertiary/aromatic N) is 1. The van der Waals surface area contributed by atoms with E-state index in [2.05, 4.69) is 0 Å². The zero-order valence-corrected chi connectivity index (χ0v) is 5.93. The molecule has 0 saturated carbocycles. The van der Waals surface area contributed by atoms with Gasteiger partial charge in [-0.05, 0) is 0 Å². The van der Waals surface area contributed by atoms with Gasteiger partial charge in [-0.15, -0.1) is 0 Å². The van der Waals surface area contributed by atoms with E-state index in [0.29, 0.717) is 11.3 Å². The van der Waals surface area contributed by atoms with E-state index in [-0.39, 0.29) is 5.70 Å². The molecule has 0 unspecified atom stereocenters. The predicted molar refractivity (Wildman–Crippen MR) is 41.4 cm³/mol. The Hall–Kier alpha value is -1.03. The first-order valence-corrected chi connectivity index (χ1v) is 3.17. The van der Waals surface area contributed by atoms with Crippen LogP contribution >= 0.6 is 12.2 Å². The van der Waals surface area contributed by atoms with Gasteiger partial charge in [-0.2, -0.15) is 0 Å². The summed E-state index contributed by atoms with van der Waals surface area (Å²) in [6, 6.07) is 0. The van der Waals surface area contributed by atoms with Crippen LogP contribution in [0.4, 0.5) is 0 Å². The largest absolute Gasteiger partial charge is 0.283 e. The maximum atomic E-state index is 10.2. The molecule has 0 aromatic carbocycles. The summed E-state index contributed by atoms with van der Waals surface area (Å²) in [4.78, 5) is 10.1. The minimum atomic E-state index is -0.453. The van der Waals surface area contributed by atoms with Gasteiger partial charge >= 0.3 is 0 Å². The van der Waals surface area contributed by atoms with Gasteiger partial charge in [-0.1, -0.05) is 24.4 Å². The second kappa shape index (κ2) is 2.70. The maximum Gasteiger partial charge on any atom is 0.283 e. The lowest BCUT2D eigenvalue weighted by atomic mass is 10.1. The lowest BCUT2D eigenvalue weighted by Crippen LogP contribution is -2.09. The molecule has 52 valence electrons. The van der Waals surface area contributed by atoms with Crippen molar-refractivity contribution in [2.75, 3.05) is 0 Å². The lowest BCUT2D eigenvalue weighted by Gasteiger charge is -1.99. The molecule has 0 saturated heterocycles. The van der Waals surface area contributed by atoms with E-state index in [1.807, 2.05) is 0 Å². The second-order valence-electron chi connectivity index (χ2n) is 1.86. The summed E-state index contributed by atoms with van der Waals surface area (Å²) in [5.74, 6) is 0. The summed E-state index contributed by atoms with van der Waals surface area (Å²) < 4.78 is 0. The highest BCUT2D eigenvalue weighted by Crippen LogP contribution is 2.09. The van der Waals surface area contributed by atoms with Gasteiger partial charge in [0.2, 0.25) is 0 Å². The Bertz CT molecular complexity index is 242. The first-order valence-electron chi connectivity index (χ1n) is 2.76. The fourth-order valence-corrected chi connectivity index (χ4v) is 0.933. The Kier molecular flexibility index (Phi) is 1.91. The third-order valence-corrected chi connectivity index (χ3v) is 1.55. The number of thiocarbonyl (C=S) groups is 1. The van der Waals surface area contributed by atoms with Crippen LogP contribution in [0, 0.1) is 10.1 Å². The molecule has 0 fully saturated rings. The third kappa shape index (κ3) is 1.27. The number of rotatable bonds is 1. The fourth-order valence-electron chi connectivity index (χ4n) is 0.694. The molecule has 0 spiro atoms. The molecule has 0 aromatic heterocycles. The SMILES string of the molecule is O=[N+]([O-])C1=CC=CCC1=S. The van der Waals surface area contributed by atoms with Gasteiger partial charge in [0.05, 0.1) is 9.79 Å². The average Bonchev–Trinajstić information content (AvgIpc) is 1.88.